The largest absolute Gasteiger partial charge is 0.248 e. The summed E-state index contributed by atoms with van der Waals surface area (Å²) >= 11 is 0. The van der Waals surface area contributed by atoms with Crippen molar-refractivity contribution in [1.29, 1.82) is 0 Å². The van der Waals surface area contributed by atoms with Crippen molar-refractivity contribution in [2.45, 2.75) is 13.8 Å². The van der Waals surface area contributed by atoms with E-state index in [9.17, 15) is 0 Å². The third kappa shape index (κ3) is 5.79. The molecule has 210 valence electrons. The molecule has 0 radical (unpaired) electrons. The summed E-state index contributed by atoms with van der Waals surface area (Å²) in [5.41, 5.74) is 11.6. The Morgan fingerprint density at radius 1 is 0.295 bits per heavy atom. The Hall–Kier alpha value is -5.74. The minimum Gasteiger partial charge on any atom is -0.248 e. The zero-order chi connectivity index (χ0) is 29.9. The van der Waals surface area contributed by atoms with E-state index in [-0.39, 0.29) is 0 Å². The van der Waals surface area contributed by atoms with Crippen LogP contribution in [0.4, 0.5) is 0 Å². The molecule has 0 N–H and O–H groups in total. The summed E-state index contributed by atoms with van der Waals surface area (Å²) in [4.78, 5) is 19.7. The van der Waals surface area contributed by atoms with Gasteiger partial charge in [0.2, 0.25) is 0 Å². The third-order valence-corrected chi connectivity index (χ3v) is 7.65. The average Bonchev–Trinajstić information content (AvgIpc) is 3.09. The molecule has 0 bridgehead atoms. The Morgan fingerprint density at radius 2 is 0.727 bits per heavy atom. The first-order valence-corrected chi connectivity index (χ1v) is 14.7. The number of pyridine rings is 1. The lowest BCUT2D eigenvalue weighted by molar-refractivity contribution is 1.07. The smallest absolute Gasteiger partial charge is 0.164 e. The molecule has 0 saturated heterocycles. The topological polar surface area (TPSA) is 51.6 Å². The van der Waals surface area contributed by atoms with Gasteiger partial charge in [0.05, 0.1) is 11.4 Å². The number of aromatic nitrogens is 4. The highest BCUT2D eigenvalue weighted by atomic mass is 15.0. The quantitative estimate of drug-likeness (QED) is 0.201. The van der Waals surface area contributed by atoms with Gasteiger partial charge < -0.3 is 0 Å². The van der Waals surface area contributed by atoms with Crippen molar-refractivity contribution in [2.75, 3.05) is 0 Å². The van der Waals surface area contributed by atoms with Crippen LogP contribution < -0.4 is 0 Å². The van der Waals surface area contributed by atoms with E-state index in [2.05, 4.69) is 111 Å². The first kappa shape index (κ1) is 27.1. The van der Waals surface area contributed by atoms with Crippen molar-refractivity contribution in [3.8, 4) is 67.8 Å². The molecule has 0 spiro atoms. The van der Waals surface area contributed by atoms with Crippen LogP contribution in [0.25, 0.3) is 67.8 Å². The monoisotopic (exact) mass is 566 g/mol. The van der Waals surface area contributed by atoms with E-state index in [4.69, 9.17) is 19.9 Å². The van der Waals surface area contributed by atoms with Crippen LogP contribution in [0.2, 0.25) is 0 Å². The Kier molecular flexibility index (Phi) is 7.31. The van der Waals surface area contributed by atoms with Gasteiger partial charge in [-0.2, -0.15) is 0 Å². The number of benzene rings is 5. The standard InChI is InChI=1S/C40H30N4/c1-27-16-18-33(19-17-27)39-42-38(32-12-7-4-8-13-32)43-40(44-39)35-15-9-14-34(26-35)29-20-22-31(23-21-29)37-25-28(2)24-36(41-37)30-10-5-3-6-11-30/h3-26H,1-2H3. The number of nitrogens with zero attached hydrogens (tertiary/aromatic N) is 4. The van der Waals surface area contributed by atoms with Crippen molar-refractivity contribution < 1.29 is 0 Å². The maximum Gasteiger partial charge on any atom is 0.164 e. The molecule has 4 heteroatoms. The Labute approximate surface area is 257 Å². The number of hydrogen-bond donors (Lipinski definition) is 0. The third-order valence-electron chi connectivity index (χ3n) is 7.65. The first-order valence-electron chi connectivity index (χ1n) is 14.7. The summed E-state index contributed by atoms with van der Waals surface area (Å²) in [5.74, 6) is 1.95. The van der Waals surface area contributed by atoms with Crippen LogP contribution in [0.1, 0.15) is 11.1 Å². The number of rotatable bonds is 6. The Morgan fingerprint density at radius 3 is 1.34 bits per heavy atom. The summed E-state index contributed by atoms with van der Waals surface area (Å²) in [6.45, 7) is 4.20. The van der Waals surface area contributed by atoms with E-state index in [0.29, 0.717) is 17.5 Å². The zero-order valence-electron chi connectivity index (χ0n) is 24.6. The normalized spacial score (nSPS) is 11.0. The van der Waals surface area contributed by atoms with Gasteiger partial charge in [0.15, 0.2) is 17.5 Å². The molecule has 5 aromatic carbocycles. The van der Waals surface area contributed by atoms with Gasteiger partial charge in [-0.05, 0) is 48.7 Å². The van der Waals surface area contributed by atoms with Crippen molar-refractivity contribution >= 4 is 0 Å². The second-order valence-corrected chi connectivity index (χ2v) is 11.0. The molecule has 44 heavy (non-hydrogen) atoms. The van der Waals surface area contributed by atoms with E-state index in [0.717, 1.165) is 50.3 Å². The van der Waals surface area contributed by atoms with Crippen molar-refractivity contribution in [3.05, 3.63) is 157 Å². The van der Waals surface area contributed by atoms with E-state index in [1.807, 2.05) is 48.5 Å². The second kappa shape index (κ2) is 11.9. The molecule has 0 amide bonds. The molecule has 4 nitrogen and oxygen atoms in total. The lowest BCUT2D eigenvalue weighted by atomic mass is 9.99. The van der Waals surface area contributed by atoms with E-state index in [1.54, 1.807) is 0 Å². The number of hydrogen-bond acceptors (Lipinski definition) is 4. The molecule has 7 rings (SSSR count). The van der Waals surface area contributed by atoms with Crippen molar-refractivity contribution in [2.24, 2.45) is 0 Å². The molecule has 0 atom stereocenters. The highest BCUT2D eigenvalue weighted by Crippen LogP contribution is 2.30. The first-order chi connectivity index (χ1) is 21.6. The van der Waals surface area contributed by atoms with Gasteiger partial charge in [-0.25, -0.2) is 19.9 Å². The Balaban J connectivity index is 1.24. The highest BCUT2D eigenvalue weighted by Gasteiger charge is 2.13. The van der Waals surface area contributed by atoms with Gasteiger partial charge in [-0.3, -0.25) is 0 Å². The molecular formula is C40H30N4. The molecule has 2 aromatic heterocycles. The minimum absolute atomic E-state index is 0.644. The fourth-order valence-electron chi connectivity index (χ4n) is 5.30. The molecule has 0 aliphatic rings. The average molecular weight is 567 g/mol. The number of aryl methyl sites for hydroxylation is 2. The van der Waals surface area contributed by atoms with E-state index >= 15 is 0 Å². The Bertz CT molecular complexity index is 2050. The fraction of sp³-hybridized carbons (Fsp3) is 0.0500. The molecule has 2 heterocycles. The second-order valence-electron chi connectivity index (χ2n) is 11.0. The van der Waals surface area contributed by atoms with Gasteiger partial charge in [0, 0.05) is 27.8 Å². The lowest BCUT2D eigenvalue weighted by Gasteiger charge is -2.11. The van der Waals surface area contributed by atoms with Gasteiger partial charge in [0.1, 0.15) is 0 Å². The van der Waals surface area contributed by atoms with Crippen molar-refractivity contribution in [3.63, 3.8) is 0 Å². The van der Waals surface area contributed by atoms with Crippen molar-refractivity contribution in [1.82, 2.24) is 19.9 Å². The van der Waals surface area contributed by atoms with Gasteiger partial charge in [0.25, 0.3) is 0 Å². The summed E-state index contributed by atoms with van der Waals surface area (Å²) in [6, 6.07) is 49.9. The van der Waals surface area contributed by atoms with Crippen LogP contribution >= 0.6 is 0 Å². The lowest BCUT2D eigenvalue weighted by Crippen LogP contribution is -2.00. The van der Waals surface area contributed by atoms with E-state index in [1.165, 1.54) is 11.1 Å². The summed E-state index contributed by atoms with van der Waals surface area (Å²) in [5, 5.41) is 0. The van der Waals surface area contributed by atoms with E-state index < -0.39 is 0 Å². The van der Waals surface area contributed by atoms with Crippen LogP contribution in [0, 0.1) is 13.8 Å². The molecule has 0 saturated carbocycles. The predicted molar refractivity (Wildman–Crippen MR) is 180 cm³/mol. The summed E-state index contributed by atoms with van der Waals surface area (Å²) in [7, 11) is 0. The molecule has 7 aromatic rings. The summed E-state index contributed by atoms with van der Waals surface area (Å²) in [6.07, 6.45) is 0. The van der Waals surface area contributed by atoms with Gasteiger partial charge >= 0.3 is 0 Å². The predicted octanol–water partition coefficient (Wildman–Crippen LogP) is 9.89. The zero-order valence-corrected chi connectivity index (χ0v) is 24.6. The highest BCUT2D eigenvalue weighted by molar-refractivity contribution is 5.75. The molecule has 0 aliphatic heterocycles. The maximum absolute atomic E-state index is 4.98. The van der Waals surface area contributed by atoms with Crippen LogP contribution in [0.5, 0.6) is 0 Å². The van der Waals surface area contributed by atoms with Crippen LogP contribution in [-0.2, 0) is 0 Å². The van der Waals surface area contributed by atoms with Crippen LogP contribution in [0.15, 0.2) is 146 Å². The van der Waals surface area contributed by atoms with Crippen LogP contribution in [0.3, 0.4) is 0 Å². The van der Waals surface area contributed by atoms with Gasteiger partial charge in [-0.15, -0.1) is 0 Å². The fourth-order valence-corrected chi connectivity index (χ4v) is 5.30. The minimum atomic E-state index is 0.644. The SMILES string of the molecule is Cc1ccc(-c2nc(-c3ccccc3)nc(-c3cccc(-c4ccc(-c5cc(C)cc(-c6ccccc6)n5)cc4)c3)n2)cc1. The molecule has 0 aliphatic carbocycles. The molecule has 0 unspecified atom stereocenters. The summed E-state index contributed by atoms with van der Waals surface area (Å²) < 4.78 is 0. The molecule has 0 fully saturated rings. The molecular weight excluding hydrogens is 536 g/mol. The van der Waals surface area contributed by atoms with Crippen LogP contribution in [-0.4, -0.2) is 19.9 Å². The maximum atomic E-state index is 4.98. The van der Waals surface area contributed by atoms with Gasteiger partial charge in [-0.1, -0.05) is 133 Å².